The lowest BCUT2D eigenvalue weighted by Crippen LogP contribution is -1.91. The summed E-state index contributed by atoms with van der Waals surface area (Å²) in [4.78, 5) is 0. The Morgan fingerprint density at radius 3 is 1.29 bits per heavy atom. The Kier molecular flexibility index (Phi) is 16.5. The molecule has 0 rings (SSSR count). The molecule has 4 heteroatoms. The molecule has 0 spiro atoms. The molecule has 0 aromatic carbocycles. The molecule has 0 N–H and O–H groups in total. The van der Waals surface area contributed by atoms with Crippen LogP contribution in [0.1, 0.15) is 70.6 Å². The van der Waals surface area contributed by atoms with E-state index in [2.05, 4.69) is 15.9 Å². The second-order valence-electron chi connectivity index (χ2n) is 4.76. The van der Waals surface area contributed by atoms with Gasteiger partial charge in [-0.2, -0.15) is 22.2 Å². The summed E-state index contributed by atoms with van der Waals surface area (Å²) in [6, 6.07) is 1.09. The van der Waals surface area contributed by atoms with Crippen LogP contribution in [-0.2, 0) is 0 Å². The lowest BCUT2D eigenvalue weighted by molar-refractivity contribution is 0.555. The Morgan fingerprint density at radius 2 is 0.941 bits per heavy atom. The third kappa shape index (κ3) is 17.3. The highest BCUT2D eigenvalue weighted by atomic mass is 79.9. The fraction of sp³-hybridized carbons (Fsp3) is 1.00. The number of alkyl halides is 1. The second-order valence-corrected chi connectivity index (χ2v) is 10.7. The van der Waals surface area contributed by atoms with Gasteiger partial charge in [0.1, 0.15) is 0 Å². The molecule has 0 aliphatic heterocycles. The Morgan fingerprint density at radius 1 is 0.588 bits per heavy atom. The maximum absolute atomic E-state index is 5.81. The zero-order chi connectivity index (χ0) is 12.8. The first-order valence-electron chi connectivity index (χ1n) is 7.11. The number of unbranched alkanes of at least 4 members (excludes halogenated alkanes) is 10. The van der Waals surface area contributed by atoms with E-state index in [0.717, 1.165) is 6.04 Å². The molecule has 0 aromatic rings. The van der Waals surface area contributed by atoms with Crippen molar-refractivity contribution in [2.24, 2.45) is 0 Å². The van der Waals surface area contributed by atoms with E-state index >= 15 is 0 Å². The van der Waals surface area contributed by atoms with Crippen molar-refractivity contribution in [2.45, 2.75) is 76.7 Å². The molecule has 0 aliphatic carbocycles. The Bertz CT molecular complexity index is 145. The van der Waals surface area contributed by atoms with Crippen LogP contribution in [0.3, 0.4) is 0 Å². The SMILES string of the molecule is Cl[SiH](Cl)CCCCCCCCCCCCCBr. The fourth-order valence-electron chi connectivity index (χ4n) is 1.98. The first kappa shape index (κ1) is 18.3. The summed E-state index contributed by atoms with van der Waals surface area (Å²) in [6.07, 6.45) is 15.2. The molecule has 0 bridgehead atoms. The Labute approximate surface area is 127 Å². The van der Waals surface area contributed by atoms with Crippen LogP contribution in [-0.4, -0.2) is 12.7 Å². The lowest BCUT2D eigenvalue weighted by atomic mass is 10.1. The van der Waals surface area contributed by atoms with Gasteiger partial charge in [0.25, 0.3) is 0 Å². The van der Waals surface area contributed by atoms with E-state index in [0.29, 0.717) is 0 Å². The van der Waals surface area contributed by atoms with Crippen molar-refractivity contribution in [3.8, 4) is 0 Å². The zero-order valence-electron chi connectivity index (χ0n) is 10.9. The maximum atomic E-state index is 5.81. The van der Waals surface area contributed by atoms with Crippen LogP contribution in [0.25, 0.3) is 0 Å². The van der Waals surface area contributed by atoms with E-state index < -0.39 is 7.42 Å². The third-order valence-corrected chi connectivity index (χ3v) is 5.77. The average molecular weight is 362 g/mol. The van der Waals surface area contributed by atoms with Gasteiger partial charge in [0.05, 0.1) is 0 Å². The van der Waals surface area contributed by atoms with Crippen LogP contribution in [0.2, 0.25) is 6.04 Å². The summed E-state index contributed by atoms with van der Waals surface area (Å²) in [5.41, 5.74) is 0. The van der Waals surface area contributed by atoms with Gasteiger partial charge in [-0.3, -0.25) is 0 Å². The van der Waals surface area contributed by atoms with Crippen molar-refractivity contribution in [3.63, 3.8) is 0 Å². The van der Waals surface area contributed by atoms with Crippen molar-refractivity contribution in [1.29, 1.82) is 0 Å². The Balaban J connectivity index is 2.89. The van der Waals surface area contributed by atoms with Crippen LogP contribution in [0.4, 0.5) is 0 Å². The summed E-state index contributed by atoms with van der Waals surface area (Å²) < 4.78 is 0. The first-order valence-corrected chi connectivity index (χ1v) is 12.5. The van der Waals surface area contributed by atoms with Gasteiger partial charge < -0.3 is 0 Å². The molecule has 0 saturated carbocycles. The van der Waals surface area contributed by atoms with Gasteiger partial charge in [-0.05, 0) is 12.5 Å². The normalized spacial score (nSPS) is 11.3. The van der Waals surface area contributed by atoms with Gasteiger partial charge >= 0.3 is 0 Å². The topological polar surface area (TPSA) is 0 Å². The summed E-state index contributed by atoms with van der Waals surface area (Å²) in [6.45, 7) is 0. The number of hydrogen-bond acceptors (Lipinski definition) is 0. The lowest BCUT2D eigenvalue weighted by Gasteiger charge is -2.02. The number of halogens is 3. The molecule has 0 atom stereocenters. The quantitative estimate of drug-likeness (QED) is 0.155. The minimum atomic E-state index is -1.31. The minimum Gasteiger partial charge on any atom is -0.150 e. The summed E-state index contributed by atoms with van der Waals surface area (Å²) in [5.74, 6) is 0. The van der Waals surface area contributed by atoms with Crippen molar-refractivity contribution < 1.29 is 0 Å². The molecule has 0 amide bonds. The van der Waals surface area contributed by atoms with E-state index in [-0.39, 0.29) is 0 Å². The summed E-state index contributed by atoms with van der Waals surface area (Å²) in [5, 5.41) is 1.17. The second kappa shape index (κ2) is 15.3. The third-order valence-electron chi connectivity index (χ3n) is 3.06. The fourth-order valence-corrected chi connectivity index (χ4v) is 3.90. The smallest absolute Gasteiger partial charge is 0.150 e. The van der Waals surface area contributed by atoms with Crippen LogP contribution in [0.5, 0.6) is 0 Å². The molecule has 0 aromatic heterocycles. The molecule has 104 valence electrons. The van der Waals surface area contributed by atoms with Gasteiger partial charge in [0, 0.05) is 5.33 Å². The van der Waals surface area contributed by atoms with Crippen LogP contribution >= 0.6 is 38.1 Å². The van der Waals surface area contributed by atoms with E-state index in [1.54, 1.807) is 0 Å². The molecular formula is C13H27BrCl2Si. The molecule has 0 heterocycles. The van der Waals surface area contributed by atoms with Gasteiger partial charge in [0.15, 0.2) is 0 Å². The number of hydrogen-bond donors (Lipinski definition) is 0. The van der Waals surface area contributed by atoms with Gasteiger partial charge in [-0.25, -0.2) is 0 Å². The monoisotopic (exact) mass is 360 g/mol. The highest BCUT2D eigenvalue weighted by molar-refractivity contribution is 9.09. The van der Waals surface area contributed by atoms with Crippen molar-refractivity contribution >= 4 is 45.5 Å². The van der Waals surface area contributed by atoms with E-state index in [9.17, 15) is 0 Å². The molecule has 0 aliphatic rings. The van der Waals surface area contributed by atoms with Crippen molar-refractivity contribution in [1.82, 2.24) is 0 Å². The predicted molar refractivity (Wildman–Crippen MR) is 88.2 cm³/mol. The summed E-state index contributed by atoms with van der Waals surface area (Å²) >= 11 is 15.1. The predicted octanol–water partition coefficient (Wildman–Crippen LogP) is 6.37. The summed E-state index contributed by atoms with van der Waals surface area (Å²) in [7, 11) is -1.31. The molecule has 0 unspecified atom stereocenters. The zero-order valence-corrected chi connectivity index (χ0v) is 15.2. The number of rotatable bonds is 13. The van der Waals surface area contributed by atoms with Gasteiger partial charge in [-0.15, -0.1) is 0 Å². The van der Waals surface area contributed by atoms with Gasteiger partial charge in [-0.1, -0.05) is 80.1 Å². The average Bonchev–Trinajstić information content (AvgIpc) is 2.30. The Hall–Kier alpha value is 1.28. The van der Waals surface area contributed by atoms with Crippen LogP contribution in [0.15, 0.2) is 0 Å². The molecule has 17 heavy (non-hydrogen) atoms. The van der Waals surface area contributed by atoms with E-state index in [1.165, 1.54) is 76.0 Å². The van der Waals surface area contributed by atoms with Crippen LogP contribution in [0, 0.1) is 0 Å². The van der Waals surface area contributed by atoms with E-state index in [4.69, 9.17) is 22.2 Å². The standard InChI is InChI=1S/C13H27BrCl2Si/c14-12-10-8-6-4-2-1-3-5-7-9-11-13-17(15)16/h17H,1-13H2. The highest BCUT2D eigenvalue weighted by Crippen LogP contribution is 2.14. The highest BCUT2D eigenvalue weighted by Gasteiger charge is 2.00. The molecule has 0 nitrogen and oxygen atoms in total. The van der Waals surface area contributed by atoms with Crippen LogP contribution < -0.4 is 0 Å². The minimum absolute atomic E-state index is 1.09. The molecule has 0 fully saturated rings. The molecule has 0 radical (unpaired) electrons. The first-order chi connectivity index (χ1) is 8.27. The van der Waals surface area contributed by atoms with Gasteiger partial charge in [0.2, 0.25) is 7.42 Å². The largest absolute Gasteiger partial charge is 0.237 e. The van der Waals surface area contributed by atoms with E-state index in [1.807, 2.05) is 0 Å². The molecule has 0 saturated heterocycles. The molecular weight excluding hydrogens is 335 g/mol. The maximum Gasteiger partial charge on any atom is 0.237 e. The van der Waals surface area contributed by atoms with Crippen molar-refractivity contribution in [2.75, 3.05) is 5.33 Å². The van der Waals surface area contributed by atoms with Crippen molar-refractivity contribution in [3.05, 3.63) is 0 Å².